The van der Waals surface area contributed by atoms with Gasteiger partial charge < -0.3 is 25.6 Å². The van der Waals surface area contributed by atoms with Crippen molar-refractivity contribution in [2.75, 3.05) is 13.2 Å². The molecule has 0 bridgehead atoms. The van der Waals surface area contributed by atoms with Crippen LogP contribution in [0.25, 0.3) is 11.1 Å². The first-order valence-corrected chi connectivity index (χ1v) is 11.1. The van der Waals surface area contributed by atoms with E-state index in [0.717, 1.165) is 35.1 Å². The number of carbonyl (C=O) groups is 3. The summed E-state index contributed by atoms with van der Waals surface area (Å²) in [5.41, 5.74) is 3.11. The number of ether oxygens (including phenoxy) is 1. The third-order valence-electron chi connectivity index (χ3n) is 6.48. The summed E-state index contributed by atoms with van der Waals surface area (Å²) in [6.07, 6.45) is -0.684. The average molecular weight is 453 g/mol. The Labute approximate surface area is 192 Å². The topological polar surface area (TPSA) is 125 Å². The van der Waals surface area contributed by atoms with Crippen molar-refractivity contribution in [3.05, 3.63) is 59.7 Å². The van der Waals surface area contributed by atoms with Crippen LogP contribution in [0.3, 0.4) is 0 Å². The molecule has 2 atom stereocenters. The van der Waals surface area contributed by atoms with E-state index in [0.29, 0.717) is 0 Å². The number of rotatable bonds is 9. The fourth-order valence-corrected chi connectivity index (χ4v) is 4.47. The van der Waals surface area contributed by atoms with Crippen LogP contribution in [0.1, 0.15) is 43.2 Å². The van der Waals surface area contributed by atoms with Crippen molar-refractivity contribution < 1.29 is 29.3 Å². The highest BCUT2D eigenvalue weighted by Gasteiger charge is 2.48. The van der Waals surface area contributed by atoms with Gasteiger partial charge in [-0.2, -0.15) is 0 Å². The molecule has 2 amide bonds. The number of benzene rings is 2. The molecule has 174 valence electrons. The van der Waals surface area contributed by atoms with E-state index in [1.807, 2.05) is 48.5 Å². The second kappa shape index (κ2) is 9.23. The molecular weight excluding hydrogens is 424 g/mol. The molecule has 0 saturated heterocycles. The quantitative estimate of drug-likeness (QED) is 0.464. The minimum Gasteiger partial charge on any atom is -0.480 e. The number of nitrogens with one attached hydrogen (secondary N) is 2. The molecule has 8 nitrogen and oxygen atoms in total. The number of aliphatic hydroxyl groups is 1. The summed E-state index contributed by atoms with van der Waals surface area (Å²) in [5.74, 6) is -1.84. The van der Waals surface area contributed by atoms with Crippen LogP contribution in [-0.4, -0.2) is 53.0 Å². The molecule has 1 saturated carbocycles. The molecule has 4 N–H and O–H groups in total. The zero-order chi connectivity index (χ0) is 23.6. The summed E-state index contributed by atoms with van der Waals surface area (Å²) < 4.78 is 5.41. The van der Waals surface area contributed by atoms with Crippen LogP contribution < -0.4 is 10.6 Å². The monoisotopic (exact) mass is 452 g/mol. The Bertz CT molecular complexity index is 1020. The van der Waals surface area contributed by atoms with Crippen molar-refractivity contribution in [2.45, 2.75) is 43.7 Å². The number of hydrogen-bond donors (Lipinski definition) is 4. The Hall–Kier alpha value is -3.39. The predicted octanol–water partition coefficient (Wildman–Crippen LogP) is 2.65. The zero-order valence-corrected chi connectivity index (χ0v) is 18.4. The summed E-state index contributed by atoms with van der Waals surface area (Å²) >= 11 is 0. The highest BCUT2D eigenvalue weighted by molar-refractivity contribution is 5.87. The molecular formula is C25H28N2O6. The first kappa shape index (κ1) is 22.8. The molecule has 2 aromatic carbocycles. The lowest BCUT2D eigenvalue weighted by Gasteiger charge is -2.26. The van der Waals surface area contributed by atoms with E-state index in [2.05, 4.69) is 10.6 Å². The van der Waals surface area contributed by atoms with Crippen LogP contribution in [-0.2, 0) is 14.3 Å². The van der Waals surface area contributed by atoms with E-state index >= 15 is 0 Å². The SMILES string of the molecule is CC(NC(=O)CC(O)CNC(=O)OCC1c2ccccc2-c2ccccc21)(C(=O)O)C1CC1. The van der Waals surface area contributed by atoms with Gasteiger partial charge in [-0.25, -0.2) is 9.59 Å². The highest BCUT2D eigenvalue weighted by atomic mass is 16.5. The second-order valence-corrected chi connectivity index (χ2v) is 8.89. The lowest BCUT2D eigenvalue weighted by atomic mass is 9.95. The number of hydrogen-bond acceptors (Lipinski definition) is 5. The minimum absolute atomic E-state index is 0.0741. The lowest BCUT2D eigenvalue weighted by molar-refractivity contribution is -0.148. The van der Waals surface area contributed by atoms with Gasteiger partial charge in [-0.3, -0.25) is 4.79 Å². The fraction of sp³-hybridized carbons (Fsp3) is 0.400. The van der Waals surface area contributed by atoms with Gasteiger partial charge in [0, 0.05) is 12.5 Å². The van der Waals surface area contributed by atoms with Gasteiger partial charge >= 0.3 is 12.1 Å². The first-order valence-electron chi connectivity index (χ1n) is 11.1. The highest BCUT2D eigenvalue weighted by Crippen LogP contribution is 2.44. The largest absolute Gasteiger partial charge is 0.480 e. The van der Waals surface area contributed by atoms with E-state index in [9.17, 15) is 24.6 Å². The smallest absolute Gasteiger partial charge is 0.407 e. The van der Waals surface area contributed by atoms with Gasteiger partial charge in [0.15, 0.2) is 0 Å². The number of aliphatic hydroxyl groups excluding tert-OH is 1. The molecule has 0 heterocycles. The zero-order valence-electron chi connectivity index (χ0n) is 18.4. The number of carboxylic acid groups (broad SMARTS) is 1. The Balaban J connectivity index is 1.25. The van der Waals surface area contributed by atoms with Crippen LogP contribution in [0.2, 0.25) is 0 Å². The maximum atomic E-state index is 12.2. The van der Waals surface area contributed by atoms with Crippen LogP contribution in [0, 0.1) is 5.92 Å². The van der Waals surface area contributed by atoms with Gasteiger partial charge in [0.25, 0.3) is 0 Å². The molecule has 2 aromatic rings. The van der Waals surface area contributed by atoms with Crippen LogP contribution >= 0.6 is 0 Å². The normalized spacial score (nSPS) is 17.3. The third-order valence-corrected chi connectivity index (χ3v) is 6.48. The second-order valence-electron chi connectivity index (χ2n) is 8.89. The number of fused-ring (bicyclic) bond motifs is 3. The van der Waals surface area contributed by atoms with Gasteiger partial charge in [0.2, 0.25) is 5.91 Å². The molecule has 4 rings (SSSR count). The number of aliphatic carboxylic acids is 1. The summed E-state index contributed by atoms with van der Waals surface area (Å²) in [5, 5.41) is 24.5. The maximum absolute atomic E-state index is 12.2. The molecule has 8 heteroatoms. The molecule has 0 aliphatic heterocycles. The van der Waals surface area contributed by atoms with Gasteiger partial charge in [0.05, 0.1) is 12.5 Å². The van der Waals surface area contributed by atoms with Crippen molar-refractivity contribution in [2.24, 2.45) is 5.92 Å². The van der Waals surface area contributed by atoms with Gasteiger partial charge in [-0.1, -0.05) is 48.5 Å². The Kier molecular flexibility index (Phi) is 6.37. The molecule has 1 fully saturated rings. The average Bonchev–Trinajstić information content (AvgIpc) is 3.60. The van der Waals surface area contributed by atoms with E-state index < -0.39 is 29.6 Å². The Morgan fingerprint density at radius 2 is 1.64 bits per heavy atom. The molecule has 33 heavy (non-hydrogen) atoms. The number of alkyl carbamates (subject to hydrolysis) is 1. The number of carbonyl (C=O) groups excluding carboxylic acids is 2. The van der Waals surface area contributed by atoms with E-state index in [-0.39, 0.29) is 31.4 Å². The van der Waals surface area contributed by atoms with Crippen LogP contribution in [0.15, 0.2) is 48.5 Å². The molecule has 2 aliphatic rings. The van der Waals surface area contributed by atoms with Crippen molar-refractivity contribution >= 4 is 18.0 Å². The van der Waals surface area contributed by atoms with E-state index in [1.165, 1.54) is 6.92 Å². The van der Waals surface area contributed by atoms with Gasteiger partial charge in [0.1, 0.15) is 12.1 Å². The van der Waals surface area contributed by atoms with Crippen LogP contribution in [0.5, 0.6) is 0 Å². The summed E-state index contributed by atoms with van der Waals surface area (Å²) in [4.78, 5) is 35.9. The standard InChI is InChI=1S/C25H28N2O6/c1-25(23(30)31,15-10-11-15)27-22(29)12-16(28)13-26-24(32)33-14-21-19-8-4-2-6-17(19)18-7-3-5-9-20(18)21/h2-9,15-16,21,28H,10-14H2,1H3,(H,26,32)(H,27,29)(H,30,31). The molecule has 0 spiro atoms. The molecule has 2 unspecified atom stereocenters. The third kappa shape index (κ3) is 4.85. The van der Waals surface area contributed by atoms with Gasteiger partial charge in [-0.05, 0) is 47.9 Å². The van der Waals surface area contributed by atoms with Crippen LogP contribution in [0.4, 0.5) is 4.79 Å². The number of amides is 2. The van der Waals surface area contributed by atoms with Crippen molar-refractivity contribution in [3.63, 3.8) is 0 Å². The van der Waals surface area contributed by atoms with Crippen molar-refractivity contribution in [1.29, 1.82) is 0 Å². The lowest BCUT2D eigenvalue weighted by Crippen LogP contribution is -2.54. The predicted molar refractivity (Wildman–Crippen MR) is 121 cm³/mol. The summed E-state index contributed by atoms with van der Waals surface area (Å²) in [7, 11) is 0. The van der Waals surface area contributed by atoms with Crippen molar-refractivity contribution in [3.8, 4) is 11.1 Å². The Morgan fingerprint density at radius 1 is 1.06 bits per heavy atom. The fourth-order valence-electron chi connectivity index (χ4n) is 4.47. The first-order chi connectivity index (χ1) is 15.8. The Morgan fingerprint density at radius 3 is 2.18 bits per heavy atom. The maximum Gasteiger partial charge on any atom is 0.407 e. The van der Waals surface area contributed by atoms with E-state index in [4.69, 9.17) is 4.74 Å². The minimum atomic E-state index is -1.34. The van der Waals surface area contributed by atoms with E-state index in [1.54, 1.807) is 0 Å². The molecule has 0 radical (unpaired) electrons. The van der Waals surface area contributed by atoms with Gasteiger partial charge in [-0.15, -0.1) is 0 Å². The van der Waals surface area contributed by atoms with Crippen molar-refractivity contribution in [1.82, 2.24) is 10.6 Å². The molecule has 0 aromatic heterocycles. The summed E-state index contributed by atoms with van der Waals surface area (Å²) in [6, 6.07) is 16.0. The molecule has 2 aliphatic carbocycles. The summed E-state index contributed by atoms with van der Waals surface area (Å²) in [6.45, 7) is 1.44. The number of carboxylic acids is 1.